The van der Waals surface area contributed by atoms with Crippen LogP contribution in [-0.2, 0) is 19.1 Å². The lowest BCUT2D eigenvalue weighted by molar-refractivity contribution is -0.174. The highest BCUT2D eigenvalue weighted by Crippen LogP contribution is 2.33. The molecule has 0 saturated heterocycles. The molecule has 1 rings (SSSR count). The molecule has 0 heterocycles. The van der Waals surface area contributed by atoms with Crippen LogP contribution in [0.1, 0.15) is 46.5 Å². The molecule has 4 N–H and O–H groups in total. The van der Waals surface area contributed by atoms with Crippen molar-refractivity contribution in [3.8, 4) is 0 Å². The van der Waals surface area contributed by atoms with Crippen LogP contribution in [0.5, 0.6) is 0 Å². The van der Waals surface area contributed by atoms with Crippen LogP contribution in [0.25, 0.3) is 0 Å². The highest BCUT2D eigenvalue weighted by molar-refractivity contribution is 6.05. The first kappa shape index (κ1) is 16.9. The fourth-order valence-corrected chi connectivity index (χ4v) is 2.52. The second kappa shape index (κ2) is 6.10. The molecular formula is C14H26N2O4. The number of methoxy groups -OCH3 is 1. The Bertz CT molecular complexity index is 370. The first-order valence-electron chi connectivity index (χ1n) is 6.97. The van der Waals surface area contributed by atoms with Crippen molar-refractivity contribution < 1.29 is 19.1 Å². The Morgan fingerprint density at radius 1 is 1.05 bits per heavy atom. The molecule has 0 radical (unpaired) electrons. The number of esters is 2. The molecule has 0 bridgehead atoms. The molecule has 20 heavy (non-hydrogen) atoms. The molecule has 116 valence electrons. The van der Waals surface area contributed by atoms with Crippen molar-refractivity contribution in [2.24, 2.45) is 17.4 Å². The third kappa shape index (κ3) is 3.70. The topological polar surface area (TPSA) is 105 Å². The molecular weight excluding hydrogens is 260 g/mol. The van der Waals surface area contributed by atoms with Gasteiger partial charge in [0.2, 0.25) is 5.54 Å². The molecule has 1 aliphatic rings. The van der Waals surface area contributed by atoms with E-state index in [-0.39, 0.29) is 12.0 Å². The molecule has 0 spiro atoms. The molecule has 0 aromatic carbocycles. The monoisotopic (exact) mass is 286 g/mol. The zero-order valence-corrected chi connectivity index (χ0v) is 12.8. The lowest BCUT2D eigenvalue weighted by Gasteiger charge is -2.38. The first-order chi connectivity index (χ1) is 9.11. The van der Waals surface area contributed by atoms with Gasteiger partial charge in [-0.05, 0) is 52.4 Å². The van der Waals surface area contributed by atoms with Gasteiger partial charge >= 0.3 is 11.9 Å². The SMILES string of the molecule is COC(=O)[C@](N)(C(=O)OC(C)(C)C)C1CCC(N)CC1. The normalized spacial score (nSPS) is 26.5. The Labute approximate surface area is 120 Å². The fraction of sp³-hybridized carbons (Fsp3) is 0.857. The maximum Gasteiger partial charge on any atom is 0.338 e. The third-order valence-corrected chi connectivity index (χ3v) is 3.68. The van der Waals surface area contributed by atoms with Gasteiger partial charge in [-0.25, -0.2) is 9.59 Å². The van der Waals surface area contributed by atoms with E-state index in [1.165, 1.54) is 7.11 Å². The van der Waals surface area contributed by atoms with Gasteiger partial charge in [-0.2, -0.15) is 0 Å². The summed E-state index contributed by atoms with van der Waals surface area (Å²) in [6.07, 6.45) is 2.71. The fourth-order valence-electron chi connectivity index (χ4n) is 2.52. The van der Waals surface area contributed by atoms with Gasteiger partial charge in [-0.3, -0.25) is 0 Å². The summed E-state index contributed by atoms with van der Waals surface area (Å²) >= 11 is 0. The molecule has 6 heteroatoms. The van der Waals surface area contributed by atoms with Gasteiger partial charge in [0.05, 0.1) is 7.11 Å². The van der Waals surface area contributed by atoms with Crippen LogP contribution >= 0.6 is 0 Å². The average Bonchev–Trinajstić information content (AvgIpc) is 2.35. The first-order valence-corrected chi connectivity index (χ1v) is 6.97. The van der Waals surface area contributed by atoms with E-state index in [9.17, 15) is 9.59 Å². The summed E-state index contributed by atoms with van der Waals surface area (Å²) in [6, 6.07) is 0.104. The van der Waals surface area contributed by atoms with Crippen molar-refractivity contribution in [3.05, 3.63) is 0 Å². The van der Waals surface area contributed by atoms with Crippen molar-refractivity contribution in [1.82, 2.24) is 0 Å². The minimum absolute atomic E-state index is 0.104. The number of nitrogens with two attached hydrogens (primary N) is 2. The Hall–Kier alpha value is -1.14. The van der Waals surface area contributed by atoms with Gasteiger partial charge in [0.1, 0.15) is 5.60 Å². The second-order valence-electron chi connectivity index (χ2n) is 6.47. The van der Waals surface area contributed by atoms with Crippen molar-refractivity contribution in [2.75, 3.05) is 7.11 Å². The molecule has 1 fully saturated rings. The van der Waals surface area contributed by atoms with E-state index in [2.05, 4.69) is 0 Å². The van der Waals surface area contributed by atoms with E-state index >= 15 is 0 Å². The molecule has 0 amide bonds. The van der Waals surface area contributed by atoms with Crippen molar-refractivity contribution in [3.63, 3.8) is 0 Å². The second-order valence-corrected chi connectivity index (χ2v) is 6.47. The highest BCUT2D eigenvalue weighted by Gasteiger charge is 2.52. The van der Waals surface area contributed by atoms with Gasteiger partial charge in [-0.1, -0.05) is 0 Å². The number of ether oxygens (including phenoxy) is 2. The molecule has 1 saturated carbocycles. The molecule has 0 aromatic heterocycles. The summed E-state index contributed by atoms with van der Waals surface area (Å²) in [5, 5.41) is 0. The van der Waals surface area contributed by atoms with E-state index in [1.807, 2.05) is 0 Å². The van der Waals surface area contributed by atoms with E-state index in [0.29, 0.717) is 12.8 Å². The molecule has 0 unspecified atom stereocenters. The van der Waals surface area contributed by atoms with E-state index < -0.39 is 23.1 Å². The standard InChI is InChI=1S/C14H26N2O4/c1-13(2,3)20-12(18)14(16,11(17)19-4)9-5-7-10(15)8-6-9/h9-10H,5-8,15-16H2,1-4H3/t9?,10?,14-/m0/s1. The van der Waals surface area contributed by atoms with Gasteiger partial charge < -0.3 is 20.9 Å². The summed E-state index contributed by atoms with van der Waals surface area (Å²) in [5.41, 5.74) is 9.53. The molecule has 1 atom stereocenters. The Kier molecular flexibility index (Phi) is 5.15. The number of carbonyl (C=O) groups is 2. The van der Waals surface area contributed by atoms with Gasteiger partial charge in [0, 0.05) is 6.04 Å². The maximum atomic E-state index is 12.4. The van der Waals surface area contributed by atoms with Crippen molar-refractivity contribution >= 4 is 11.9 Å². The summed E-state index contributed by atoms with van der Waals surface area (Å²) in [5.74, 6) is -1.77. The number of hydrogen-bond acceptors (Lipinski definition) is 6. The molecule has 6 nitrogen and oxygen atoms in total. The number of carbonyl (C=O) groups excluding carboxylic acids is 2. The Morgan fingerprint density at radius 2 is 1.55 bits per heavy atom. The van der Waals surface area contributed by atoms with Crippen molar-refractivity contribution in [2.45, 2.75) is 63.6 Å². The smallest absolute Gasteiger partial charge is 0.338 e. The van der Waals surface area contributed by atoms with Crippen LogP contribution in [0.2, 0.25) is 0 Å². The molecule has 0 aromatic rings. The molecule has 0 aliphatic heterocycles. The molecule has 1 aliphatic carbocycles. The lowest BCUT2D eigenvalue weighted by atomic mass is 9.73. The average molecular weight is 286 g/mol. The Morgan fingerprint density at radius 3 is 1.95 bits per heavy atom. The highest BCUT2D eigenvalue weighted by atomic mass is 16.6. The lowest BCUT2D eigenvalue weighted by Crippen LogP contribution is -2.63. The van der Waals surface area contributed by atoms with Crippen LogP contribution in [0, 0.1) is 5.92 Å². The third-order valence-electron chi connectivity index (χ3n) is 3.68. The minimum atomic E-state index is -1.75. The summed E-state index contributed by atoms with van der Waals surface area (Å²) in [6.45, 7) is 5.21. The van der Waals surface area contributed by atoms with Crippen LogP contribution in [0.4, 0.5) is 0 Å². The Balaban J connectivity index is 2.97. The minimum Gasteiger partial charge on any atom is -0.467 e. The zero-order chi connectivity index (χ0) is 15.6. The maximum absolute atomic E-state index is 12.4. The number of rotatable bonds is 3. The quantitative estimate of drug-likeness (QED) is 0.585. The zero-order valence-electron chi connectivity index (χ0n) is 12.8. The van der Waals surface area contributed by atoms with E-state index in [4.69, 9.17) is 20.9 Å². The van der Waals surface area contributed by atoms with Gasteiger partial charge in [0.15, 0.2) is 0 Å². The number of hydrogen-bond donors (Lipinski definition) is 2. The summed E-state index contributed by atoms with van der Waals surface area (Å²) in [4.78, 5) is 24.4. The van der Waals surface area contributed by atoms with E-state index in [0.717, 1.165) is 12.8 Å². The van der Waals surface area contributed by atoms with E-state index in [1.54, 1.807) is 20.8 Å². The van der Waals surface area contributed by atoms with Crippen LogP contribution in [0.3, 0.4) is 0 Å². The van der Waals surface area contributed by atoms with Gasteiger partial charge in [-0.15, -0.1) is 0 Å². The van der Waals surface area contributed by atoms with Crippen molar-refractivity contribution in [1.29, 1.82) is 0 Å². The largest absolute Gasteiger partial charge is 0.467 e. The van der Waals surface area contributed by atoms with Crippen LogP contribution < -0.4 is 11.5 Å². The predicted octanol–water partition coefficient (Wildman–Crippen LogP) is 0.716. The van der Waals surface area contributed by atoms with Crippen LogP contribution in [-0.4, -0.2) is 36.2 Å². The summed E-state index contributed by atoms with van der Waals surface area (Å²) in [7, 11) is 1.23. The van der Waals surface area contributed by atoms with Crippen LogP contribution in [0.15, 0.2) is 0 Å². The summed E-state index contributed by atoms with van der Waals surface area (Å²) < 4.78 is 10.0. The predicted molar refractivity (Wildman–Crippen MR) is 74.7 cm³/mol. The van der Waals surface area contributed by atoms with Gasteiger partial charge in [0.25, 0.3) is 0 Å².